The zero-order valence-electron chi connectivity index (χ0n) is 15.0. The van der Waals surface area contributed by atoms with Gasteiger partial charge in [0.1, 0.15) is 10.8 Å². The number of carbonyl (C=O) groups excluding carboxylic acids is 1. The average molecular weight is 446 g/mol. The molecule has 0 aliphatic carbocycles. The number of rotatable bonds is 4. The Morgan fingerprint density at radius 3 is 2.70 bits per heavy atom. The summed E-state index contributed by atoms with van der Waals surface area (Å²) >= 11 is 5.23. The lowest BCUT2D eigenvalue weighted by Gasteiger charge is -2.34. The molecule has 27 heavy (non-hydrogen) atoms. The van der Waals surface area contributed by atoms with Crippen LogP contribution in [0, 0.1) is 0 Å². The van der Waals surface area contributed by atoms with Crippen molar-refractivity contribution in [2.75, 3.05) is 33.3 Å². The fourth-order valence-electron chi connectivity index (χ4n) is 3.25. The molecule has 7 heteroatoms. The minimum absolute atomic E-state index is 0.0420. The Hall–Kier alpha value is -1.96. The van der Waals surface area contributed by atoms with Crippen molar-refractivity contribution in [2.45, 2.75) is 6.54 Å². The average Bonchev–Trinajstić information content (AvgIpc) is 3.11. The molecule has 1 aromatic heterocycles. The van der Waals surface area contributed by atoms with Gasteiger partial charge in [0.15, 0.2) is 0 Å². The van der Waals surface area contributed by atoms with Gasteiger partial charge in [-0.3, -0.25) is 9.69 Å². The molecule has 0 bridgehead atoms. The predicted molar refractivity (Wildman–Crippen MR) is 111 cm³/mol. The van der Waals surface area contributed by atoms with Crippen molar-refractivity contribution >= 4 is 43.4 Å². The van der Waals surface area contributed by atoms with Crippen LogP contribution in [0.25, 0.3) is 10.2 Å². The summed E-state index contributed by atoms with van der Waals surface area (Å²) in [6.07, 6.45) is 0. The van der Waals surface area contributed by atoms with Crippen LogP contribution in [-0.2, 0) is 6.54 Å². The van der Waals surface area contributed by atoms with Gasteiger partial charge < -0.3 is 9.64 Å². The van der Waals surface area contributed by atoms with Crippen LogP contribution in [0.1, 0.15) is 15.4 Å². The summed E-state index contributed by atoms with van der Waals surface area (Å²) in [5.41, 5.74) is 1.71. The maximum absolute atomic E-state index is 12.9. The third kappa shape index (κ3) is 4.00. The van der Waals surface area contributed by atoms with Crippen molar-refractivity contribution in [2.24, 2.45) is 0 Å². The fourth-order valence-corrected chi connectivity index (χ4v) is 4.68. The van der Waals surface area contributed by atoms with E-state index in [0.717, 1.165) is 34.6 Å². The Balaban J connectivity index is 1.39. The van der Waals surface area contributed by atoms with Gasteiger partial charge in [0.2, 0.25) is 0 Å². The van der Waals surface area contributed by atoms with Crippen LogP contribution >= 0.6 is 27.3 Å². The normalized spacial score (nSPS) is 15.3. The first-order valence-electron chi connectivity index (χ1n) is 8.83. The Kier molecular flexibility index (Phi) is 5.43. The second-order valence-corrected chi connectivity index (χ2v) is 8.46. The molecule has 4 rings (SSSR count). The second-order valence-electron chi connectivity index (χ2n) is 6.49. The highest BCUT2D eigenvalue weighted by Crippen LogP contribution is 2.25. The van der Waals surface area contributed by atoms with E-state index in [-0.39, 0.29) is 5.91 Å². The standard InChI is InChI=1S/C20H20BrN3O2S/c1-26-14-6-7-16(21)15(12-14)20(25)24-10-8-23(9-11-24)13-19-22-17-4-2-3-5-18(17)27-19/h2-7,12H,8-11,13H2,1H3. The minimum atomic E-state index is 0.0420. The van der Waals surface area contributed by atoms with E-state index in [1.54, 1.807) is 24.5 Å². The van der Waals surface area contributed by atoms with Crippen molar-refractivity contribution in [3.63, 3.8) is 0 Å². The van der Waals surface area contributed by atoms with E-state index >= 15 is 0 Å². The number of hydrogen-bond acceptors (Lipinski definition) is 5. The number of amides is 1. The molecule has 0 N–H and O–H groups in total. The van der Waals surface area contributed by atoms with Gasteiger partial charge in [-0.1, -0.05) is 12.1 Å². The number of nitrogens with zero attached hydrogens (tertiary/aromatic N) is 3. The smallest absolute Gasteiger partial charge is 0.255 e. The molecular weight excluding hydrogens is 426 g/mol. The van der Waals surface area contributed by atoms with Gasteiger partial charge >= 0.3 is 0 Å². The Morgan fingerprint density at radius 2 is 1.96 bits per heavy atom. The van der Waals surface area contributed by atoms with E-state index < -0.39 is 0 Å². The number of hydrogen-bond donors (Lipinski definition) is 0. The summed E-state index contributed by atoms with van der Waals surface area (Å²) in [6, 6.07) is 13.7. The fraction of sp³-hybridized carbons (Fsp3) is 0.300. The van der Waals surface area contributed by atoms with Crippen molar-refractivity contribution in [3.05, 3.63) is 57.5 Å². The summed E-state index contributed by atoms with van der Waals surface area (Å²) in [6.45, 7) is 3.97. The third-order valence-electron chi connectivity index (χ3n) is 4.76. The number of halogens is 1. The lowest BCUT2D eigenvalue weighted by Crippen LogP contribution is -2.48. The van der Waals surface area contributed by atoms with Crippen LogP contribution in [-0.4, -0.2) is 54.0 Å². The first-order valence-corrected chi connectivity index (χ1v) is 10.4. The predicted octanol–water partition coefficient (Wildman–Crippen LogP) is 4.03. The summed E-state index contributed by atoms with van der Waals surface area (Å²) < 4.78 is 7.27. The summed E-state index contributed by atoms with van der Waals surface area (Å²) in [5, 5.41) is 1.13. The van der Waals surface area contributed by atoms with E-state index in [9.17, 15) is 4.79 Å². The number of carbonyl (C=O) groups is 1. The Bertz CT molecular complexity index is 934. The Morgan fingerprint density at radius 1 is 1.19 bits per heavy atom. The highest BCUT2D eigenvalue weighted by molar-refractivity contribution is 9.10. The van der Waals surface area contributed by atoms with Gasteiger partial charge in [-0.2, -0.15) is 0 Å². The number of aromatic nitrogens is 1. The Labute approximate surface area is 170 Å². The summed E-state index contributed by atoms with van der Waals surface area (Å²) in [5.74, 6) is 0.733. The molecule has 0 saturated carbocycles. The molecule has 1 amide bonds. The van der Waals surface area contributed by atoms with E-state index in [1.807, 2.05) is 29.2 Å². The summed E-state index contributed by atoms with van der Waals surface area (Å²) in [4.78, 5) is 21.9. The van der Waals surface area contributed by atoms with Crippen molar-refractivity contribution in [1.82, 2.24) is 14.8 Å². The van der Waals surface area contributed by atoms with Gasteiger partial charge in [-0.15, -0.1) is 11.3 Å². The molecule has 1 aliphatic heterocycles. The highest BCUT2D eigenvalue weighted by atomic mass is 79.9. The van der Waals surface area contributed by atoms with E-state index in [2.05, 4.69) is 33.0 Å². The molecule has 5 nitrogen and oxygen atoms in total. The maximum atomic E-state index is 12.9. The zero-order chi connectivity index (χ0) is 18.8. The van der Waals surface area contributed by atoms with E-state index in [1.165, 1.54) is 4.70 Å². The van der Waals surface area contributed by atoms with Crippen molar-refractivity contribution in [1.29, 1.82) is 0 Å². The molecular formula is C20H20BrN3O2S. The first kappa shape index (κ1) is 18.4. The van der Waals surface area contributed by atoms with Crippen LogP contribution in [0.4, 0.5) is 0 Å². The molecule has 2 heterocycles. The number of ether oxygens (including phenoxy) is 1. The molecule has 1 fully saturated rings. The highest BCUT2D eigenvalue weighted by Gasteiger charge is 2.24. The third-order valence-corrected chi connectivity index (χ3v) is 6.47. The number of thiazole rings is 1. The lowest BCUT2D eigenvalue weighted by molar-refractivity contribution is 0.0627. The van der Waals surface area contributed by atoms with Gasteiger partial charge in [0.25, 0.3) is 5.91 Å². The number of para-hydroxylation sites is 1. The van der Waals surface area contributed by atoms with Gasteiger partial charge in [0, 0.05) is 30.7 Å². The van der Waals surface area contributed by atoms with Gasteiger partial charge in [-0.05, 0) is 46.3 Å². The van der Waals surface area contributed by atoms with E-state index in [0.29, 0.717) is 24.4 Å². The molecule has 140 valence electrons. The second kappa shape index (κ2) is 7.96. The topological polar surface area (TPSA) is 45.7 Å². The molecule has 0 atom stereocenters. The molecule has 1 aliphatic rings. The van der Waals surface area contributed by atoms with Crippen LogP contribution in [0.2, 0.25) is 0 Å². The molecule has 3 aromatic rings. The zero-order valence-corrected chi connectivity index (χ0v) is 17.4. The van der Waals surface area contributed by atoms with Crippen LogP contribution in [0.3, 0.4) is 0 Å². The number of fused-ring (bicyclic) bond motifs is 1. The van der Waals surface area contributed by atoms with E-state index in [4.69, 9.17) is 9.72 Å². The van der Waals surface area contributed by atoms with Gasteiger partial charge in [0.05, 0.1) is 29.4 Å². The minimum Gasteiger partial charge on any atom is -0.497 e. The van der Waals surface area contributed by atoms with Crippen LogP contribution in [0.15, 0.2) is 46.9 Å². The maximum Gasteiger partial charge on any atom is 0.255 e. The number of methoxy groups -OCH3 is 1. The molecule has 2 aromatic carbocycles. The molecule has 0 radical (unpaired) electrons. The molecule has 0 spiro atoms. The number of benzene rings is 2. The lowest BCUT2D eigenvalue weighted by atomic mass is 10.1. The van der Waals surface area contributed by atoms with Crippen LogP contribution in [0.5, 0.6) is 5.75 Å². The van der Waals surface area contributed by atoms with Crippen LogP contribution < -0.4 is 4.74 Å². The van der Waals surface area contributed by atoms with Crippen molar-refractivity contribution in [3.8, 4) is 5.75 Å². The summed E-state index contributed by atoms with van der Waals surface area (Å²) in [7, 11) is 1.61. The first-order chi connectivity index (χ1) is 13.1. The number of piperazine rings is 1. The molecule has 0 unspecified atom stereocenters. The van der Waals surface area contributed by atoms with Gasteiger partial charge in [-0.25, -0.2) is 4.98 Å². The quantitative estimate of drug-likeness (QED) is 0.608. The molecule has 1 saturated heterocycles. The largest absolute Gasteiger partial charge is 0.497 e. The SMILES string of the molecule is COc1ccc(Br)c(C(=O)N2CCN(Cc3nc4ccccc4s3)CC2)c1. The van der Waals surface area contributed by atoms with Crippen molar-refractivity contribution < 1.29 is 9.53 Å². The monoisotopic (exact) mass is 445 g/mol.